The predicted molar refractivity (Wildman–Crippen MR) is 157 cm³/mol. The highest BCUT2D eigenvalue weighted by Crippen LogP contribution is 2.35. The predicted octanol–water partition coefficient (Wildman–Crippen LogP) is 8.42. The van der Waals surface area contributed by atoms with Crippen LogP contribution in [0.1, 0.15) is 92.9 Å². The second-order valence-electron chi connectivity index (χ2n) is 8.93. The number of benzene rings is 1. The van der Waals surface area contributed by atoms with Crippen molar-refractivity contribution in [2.45, 2.75) is 77.5 Å². The van der Waals surface area contributed by atoms with E-state index in [1.165, 1.54) is 5.56 Å². The van der Waals surface area contributed by atoms with Crippen LogP contribution < -0.4 is 5.73 Å². The lowest BCUT2D eigenvalue weighted by Crippen LogP contribution is -2.12. The summed E-state index contributed by atoms with van der Waals surface area (Å²) < 4.78 is 1.68. The van der Waals surface area contributed by atoms with Gasteiger partial charge in [-0.1, -0.05) is 63.4 Å². The van der Waals surface area contributed by atoms with Crippen molar-refractivity contribution < 1.29 is 4.79 Å². The lowest BCUT2D eigenvalue weighted by Gasteiger charge is -2.15. The molecule has 3 N–H and O–H groups in total. The molecular weight excluding hydrogens is 488 g/mol. The maximum Gasteiger partial charge on any atom is 0.250 e. The van der Waals surface area contributed by atoms with Crippen LogP contribution in [0.3, 0.4) is 0 Å². The fraction of sp³-hybridized carbons (Fsp3) is 0.448. The highest BCUT2D eigenvalue weighted by atomic mass is 35.5. The lowest BCUT2D eigenvalue weighted by molar-refractivity contribution is 0.100. The molecule has 0 radical (unpaired) electrons. The van der Waals surface area contributed by atoms with Crippen LogP contribution in [0.15, 0.2) is 41.5 Å². The van der Waals surface area contributed by atoms with Crippen molar-refractivity contribution in [3.63, 3.8) is 0 Å². The summed E-state index contributed by atoms with van der Waals surface area (Å²) >= 11 is 7.52. The number of nitrogens with one attached hydrogen (secondary N) is 1. The van der Waals surface area contributed by atoms with Gasteiger partial charge in [0.05, 0.1) is 21.7 Å². The summed E-state index contributed by atoms with van der Waals surface area (Å²) in [6.07, 6.45) is 15.9. The third kappa shape index (κ3) is 7.07. The van der Waals surface area contributed by atoms with E-state index in [9.17, 15) is 4.79 Å². The van der Waals surface area contributed by atoms with E-state index in [0.717, 1.165) is 69.9 Å². The van der Waals surface area contributed by atoms with Crippen molar-refractivity contribution in [1.82, 2.24) is 14.8 Å². The van der Waals surface area contributed by atoms with Gasteiger partial charge in [0.25, 0.3) is 5.91 Å². The van der Waals surface area contributed by atoms with E-state index < -0.39 is 0 Å². The SMILES string of the molecule is C/C=C\C(=C/CC)c1cc(C(N)=O)c2[nH]cc(C(CCC)CCC)c2c1.CSc1c(C)nn(C)c1Cl. The number of nitrogens with zero attached hydrogens (tertiary/aromatic N) is 2. The molecule has 0 atom stereocenters. The fourth-order valence-electron chi connectivity index (χ4n) is 4.63. The van der Waals surface area contributed by atoms with Crippen molar-refractivity contribution in [2.75, 3.05) is 6.26 Å². The monoisotopic (exact) mass is 528 g/mol. The molecule has 0 saturated heterocycles. The molecule has 0 unspecified atom stereocenters. The molecule has 0 aliphatic rings. The van der Waals surface area contributed by atoms with Crippen LogP contribution in [0, 0.1) is 6.92 Å². The Labute approximate surface area is 225 Å². The number of hydrogen-bond acceptors (Lipinski definition) is 3. The molecule has 5 nitrogen and oxygen atoms in total. The number of allylic oxidation sites excluding steroid dienone is 4. The van der Waals surface area contributed by atoms with Gasteiger partial charge in [-0.3, -0.25) is 9.48 Å². The molecule has 3 rings (SSSR count). The van der Waals surface area contributed by atoms with Crippen molar-refractivity contribution in [3.8, 4) is 0 Å². The molecule has 0 bridgehead atoms. The Hall–Kier alpha value is -2.44. The second-order valence-corrected chi connectivity index (χ2v) is 10.1. The Morgan fingerprint density at radius 1 is 1.25 bits per heavy atom. The summed E-state index contributed by atoms with van der Waals surface area (Å²) in [6.45, 7) is 10.5. The van der Waals surface area contributed by atoms with Gasteiger partial charge in [0.1, 0.15) is 5.15 Å². The number of H-pyrrole nitrogens is 1. The van der Waals surface area contributed by atoms with Crippen LogP contribution in [0.2, 0.25) is 5.15 Å². The number of nitrogens with two attached hydrogens (primary N) is 1. The standard InChI is InChI=1S/C23H32N2O.C6H9ClN2S/c1-5-9-16(10-6-2)18-13-19-21(17(11-7-3)12-8-4)15-25-22(19)20(14-18)23(24)26;1-4-5(10-3)6(7)9(2)8-4/h5,9-10,13-15,17,25H,6-8,11-12H2,1-4H3,(H2,24,26);1-3H3/b9-5-,16-10+;. The van der Waals surface area contributed by atoms with Gasteiger partial charge >= 0.3 is 0 Å². The minimum atomic E-state index is -0.385. The molecule has 0 fully saturated rings. The number of aromatic amines is 1. The van der Waals surface area contributed by atoms with E-state index in [0.29, 0.717) is 11.5 Å². The Kier molecular flexibility index (Phi) is 11.9. The number of primary amides is 1. The molecular formula is C29H41ClN4OS. The fourth-order valence-corrected chi connectivity index (χ4v) is 5.67. The lowest BCUT2D eigenvalue weighted by atomic mass is 9.88. The molecule has 7 heteroatoms. The van der Waals surface area contributed by atoms with Gasteiger partial charge < -0.3 is 10.7 Å². The number of hydrogen-bond donors (Lipinski definition) is 2. The van der Waals surface area contributed by atoms with Gasteiger partial charge in [-0.2, -0.15) is 5.10 Å². The zero-order chi connectivity index (χ0) is 26.8. The van der Waals surface area contributed by atoms with Gasteiger partial charge in [0.15, 0.2) is 0 Å². The molecule has 36 heavy (non-hydrogen) atoms. The van der Waals surface area contributed by atoms with Crippen LogP contribution in [-0.2, 0) is 7.05 Å². The number of aryl methyl sites for hydroxylation is 2. The van der Waals surface area contributed by atoms with Crippen LogP contribution in [0.25, 0.3) is 16.5 Å². The van der Waals surface area contributed by atoms with Crippen molar-refractivity contribution in [3.05, 3.63) is 64.1 Å². The normalized spacial score (nSPS) is 12.0. The van der Waals surface area contributed by atoms with Crippen LogP contribution in [0.5, 0.6) is 0 Å². The Bertz CT molecular complexity index is 1220. The van der Waals surface area contributed by atoms with Crippen LogP contribution in [0.4, 0.5) is 0 Å². The number of halogens is 1. The second kappa shape index (κ2) is 14.3. The highest BCUT2D eigenvalue weighted by molar-refractivity contribution is 7.98. The third-order valence-electron chi connectivity index (χ3n) is 6.21. The number of fused-ring (bicyclic) bond motifs is 1. The molecule has 0 aliphatic heterocycles. The number of thioether (sulfide) groups is 1. The highest BCUT2D eigenvalue weighted by Gasteiger charge is 2.19. The first kappa shape index (κ1) is 29.8. The molecule has 0 spiro atoms. The van der Waals surface area contributed by atoms with Gasteiger partial charge in [0, 0.05) is 18.6 Å². The van der Waals surface area contributed by atoms with Gasteiger partial charge in [-0.15, -0.1) is 11.8 Å². The summed E-state index contributed by atoms with van der Waals surface area (Å²) in [5, 5.41) is 6.01. The van der Waals surface area contributed by atoms with Crippen LogP contribution >= 0.6 is 23.4 Å². The summed E-state index contributed by atoms with van der Waals surface area (Å²) in [7, 11) is 1.84. The van der Waals surface area contributed by atoms with E-state index in [1.807, 2.05) is 39.3 Å². The Balaban J connectivity index is 0.000000380. The maximum absolute atomic E-state index is 12.1. The first-order valence-electron chi connectivity index (χ1n) is 12.7. The van der Waals surface area contributed by atoms with Gasteiger partial charge in [0.2, 0.25) is 0 Å². The Morgan fingerprint density at radius 2 is 1.92 bits per heavy atom. The molecule has 0 saturated carbocycles. The summed E-state index contributed by atoms with van der Waals surface area (Å²) in [5.74, 6) is 0.124. The van der Waals surface area contributed by atoms with E-state index in [4.69, 9.17) is 17.3 Å². The van der Waals surface area contributed by atoms with E-state index >= 15 is 0 Å². The average Bonchev–Trinajstić information content (AvgIpc) is 3.37. The molecule has 1 amide bonds. The maximum atomic E-state index is 12.1. The first-order valence-corrected chi connectivity index (χ1v) is 14.3. The molecule has 0 aliphatic carbocycles. The average molecular weight is 529 g/mol. The number of aromatic nitrogens is 3. The molecule has 1 aromatic carbocycles. The summed E-state index contributed by atoms with van der Waals surface area (Å²) in [6, 6.07) is 4.13. The zero-order valence-electron chi connectivity index (χ0n) is 22.7. The third-order valence-corrected chi connectivity index (χ3v) is 7.65. The van der Waals surface area contributed by atoms with Crippen molar-refractivity contribution >= 4 is 45.7 Å². The number of amides is 1. The zero-order valence-corrected chi connectivity index (χ0v) is 24.3. The van der Waals surface area contributed by atoms with Gasteiger partial charge in [-0.25, -0.2) is 0 Å². The van der Waals surface area contributed by atoms with E-state index in [-0.39, 0.29) is 5.91 Å². The van der Waals surface area contributed by atoms with Gasteiger partial charge in [-0.05, 0) is 74.1 Å². The molecule has 196 valence electrons. The topological polar surface area (TPSA) is 76.7 Å². The number of carbonyl (C=O) groups is 1. The van der Waals surface area contributed by atoms with Crippen LogP contribution in [-0.4, -0.2) is 26.9 Å². The summed E-state index contributed by atoms with van der Waals surface area (Å²) in [4.78, 5) is 16.5. The molecule has 3 aromatic rings. The smallest absolute Gasteiger partial charge is 0.250 e. The Morgan fingerprint density at radius 3 is 2.36 bits per heavy atom. The number of rotatable bonds is 10. The van der Waals surface area contributed by atoms with Crippen molar-refractivity contribution in [1.29, 1.82) is 0 Å². The van der Waals surface area contributed by atoms with E-state index in [1.54, 1.807) is 16.4 Å². The summed E-state index contributed by atoms with van der Waals surface area (Å²) in [5.41, 5.74) is 11.6. The first-order chi connectivity index (χ1) is 17.2. The molecule has 2 heterocycles. The minimum Gasteiger partial charge on any atom is -0.366 e. The quantitative estimate of drug-likeness (QED) is 0.205. The molecule has 2 aromatic heterocycles. The number of carbonyl (C=O) groups excluding carboxylic acids is 1. The minimum absolute atomic E-state index is 0.385. The van der Waals surface area contributed by atoms with Crippen molar-refractivity contribution in [2.24, 2.45) is 12.8 Å². The largest absolute Gasteiger partial charge is 0.366 e. The van der Waals surface area contributed by atoms with E-state index in [2.05, 4.69) is 55.3 Å².